The molecule has 1 aliphatic carbocycles. The summed E-state index contributed by atoms with van der Waals surface area (Å²) in [4.78, 5) is 0. The molecular weight excluding hydrogens is 294 g/mol. The molecule has 0 unspecified atom stereocenters. The van der Waals surface area contributed by atoms with Crippen molar-refractivity contribution in [2.75, 3.05) is 18.5 Å². The number of rotatable bonds is 6. The first-order chi connectivity index (χ1) is 10.2. The highest BCUT2D eigenvalue weighted by molar-refractivity contribution is 7.80. The smallest absolute Gasteiger partial charge is 0.170 e. The zero-order valence-electron chi connectivity index (χ0n) is 11.8. The first-order valence-corrected chi connectivity index (χ1v) is 7.68. The van der Waals surface area contributed by atoms with Gasteiger partial charge in [0.1, 0.15) is 17.3 Å². The molecule has 0 aliphatic heterocycles. The third-order valence-electron chi connectivity index (χ3n) is 3.46. The number of hydrogen-bond donors (Lipinski definition) is 2. The summed E-state index contributed by atoms with van der Waals surface area (Å²) in [6, 6.07) is 3.68. The SMILES string of the molecule is Fc1cccc(F)c1NC(=S)NCCCOC1CCCC1. The lowest BCUT2D eigenvalue weighted by Gasteiger charge is -2.13. The van der Waals surface area contributed by atoms with Crippen molar-refractivity contribution in [2.45, 2.75) is 38.2 Å². The van der Waals surface area contributed by atoms with E-state index in [9.17, 15) is 8.78 Å². The van der Waals surface area contributed by atoms with Gasteiger partial charge in [-0.3, -0.25) is 0 Å². The van der Waals surface area contributed by atoms with Gasteiger partial charge in [0.2, 0.25) is 0 Å². The van der Waals surface area contributed by atoms with Crippen LogP contribution in [-0.4, -0.2) is 24.4 Å². The van der Waals surface area contributed by atoms with E-state index in [1.54, 1.807) is 0 Å². The van der Waals surface area contributed by atoms with Crippen molar-refractivity contribution < 1.29 is 13.5 Å². The molecule has 3 nitrogen and oxygen atoms in total. The van der Waals surface area contributed by atoms with Gasteiger partial charge in [-0.25, -0.2) is 8.78 Å². The van der Waals surface area contributed by atoms with Crippen molar-refractivity contribution in [1.29, 1.82) is 0 Å². The molecule has 0 heterocycles. The van der Waals surface area contributed by atoms with Gasteiger partial charge in [0.25, 0.3) is 0 Å². The van der Waals surface area contributed by atoms with Crippen molar-refractivity contribution in [3.05, 3.63) is 29.8 Å². The Bertz CT molecular complexity index is 458. The van der Waals surface area contributed by atoms with E-state index in [-0.39, 0.29) is 10.8 Å². The molecule has 0 saturated heterocycles. The minimum atomic E-state index is -0.663. The second-order valence-electron chi connectivity index (χ2n) is 5.11. The number of ether oxygens (including phenoxy) is 1. The Morgan fingerprint density at radius 1 is 1.24 bits per heavy atom. The topological polar surface area (TPSA) is 33.3 Å². The molecule has 6 heteroatoms. The summed E-state index contributed by atoms with van der Waals surface area (Å²) in [6.07, 6.45) is 6.02. The van der Waals surface area contributed by atoms with Crippen molar-refractivity contribution in [2.24, 2.45) is 0 Å². The number of thiocarbonyl (C=S) groups is 1. The van der Waals surface area contributed by atoms with Crippen LogP contribution in [0.25, 0.3) is 0 Å². The molecule has 2 N–H and O–H groups in total. The highest BCUT2D eigenvalue weighted by Gasteiger charge is 2.14. The quantitative estimate of drug-likeness (QED) is 0.621. The first-order valence-electron chi connectivity index (χ1n) is 7.27. The molecule has 0 amide bonds. The van der Waals surface area contributed by atoms with Gasteiger partial charge < -0.3 is 15.4 Å². The Morgan fingerprint density at radius 2 is 1.90 bits per heavy atom. The van der Waals surface area contributed by atoms with Crippen LogP contribution in [0.5, 0.6) is 0 Å². The van der Waals surface area contributed by atoms with Crippen molar-refractivity contribution in [3.63, 3.8) is 0 Å². The Labute approximate surface area is 129 Å². The Kier molecular flexibility index (Phi) is 6.32. The summed E-state index contributed by atoms with van der Waals surface area (Å²) in [5.74, 6) is -1.33. The van der Waals surface area contributed by atoms with E-state index in [1.807, 2.05) is 0 Å². The van der Waals surface area contributed by atoms with Gasteiger partial charge >= 0.3 is 0 Å². The minimum Gasteiger partial charge on any atom is -0.378 e. The third kappa shape index (κ3) is 5.21. The Balaban J connectivity index is 1.63. The maximum Gasteiger partial charge on any atom is 0.170 e. The van der Waals surface area contributed by atoms with Crippen LogP contribution in [-0.2, 0) is 4.74 Å². The number of nitrogens with one attached hydrogen (secondary N) is 2. The Hall–Kier alpha value is -1.27. The van der Waals surface area contributed by atoms with Gasteiger partial charge in [-0.1, -0.05) is 18.9 Å². The van der Waals surface area contributed by atoms with Crippen LogP contribution in [0.1, 0.15) is 32.1 Å². The first kappa shape index (κ1) is 16.1. The number of benzene rings is 1. The fourth-order valence-electron chi connectivity index (χ4n) is 2.35. The molecule has 1 fully saturated rings. The van der Waals surface area contributed by atoms with Gasteiger partial charge in [0, 0.05) is 13.2 Å². The van der Waals surface area contributed by atoms with Gasteiger partial charge in [-0.15, -0.1) is 0 Å². The second-order valence-corrected chi connectivity index (χ2v) is 5.52. The van der Waals surface area contributed by atoms with Crippen LogP contribution >= 0.6 is 12.2 Å². The van der Waals surface area contributed by atoms with E-state index in [0.717, 1.165) is 19.3 Å². The van der Waals surface area contributed by atoms with E-state index in [2.05, 4.69) is 10.6 Å². The average Bonchev–Trinajstić information content (AvgIpc) is 2.96. The number of anilines is 1. The van der Waals surface area contributed by atoms with Gasteiger partial charge in [0.05, 0.1) is 6.10 Å². The summed E-state index contributed by atoms with van der Waals surface area (Å²) in [7, 11) is 0. The molecule has 1 saturated carbocycles. The van der Waals surface area contributed by atoms with Crippen molar-refractivity contribution >= 4 is 23.0 Å². The van der Waals surface area contributed by atoms with E-state index < -0.39 is 11.6 Å². The molecule has 1 aliphatic rings. The summed E-state index contributed by atoms with van der Waals surface area (Å²) in [5, 5.41) is 5.67. The molecular formula is C15H20F2N2OS. The van der Waals surface area contributed by atoms with Crippen molar-refractivity contribution in [1.82, 2.24) is 5.32 Å². The molecule has 0 radical (unpaired) electrons. The zero-order chi connectivity index (χ0) is 15.1. The molecule has 116 valence electrons. The van der Waals surface area contributed by atoms with Gasteiger partial charge in [-0.05, 0) is 43.6 Å². The maximum absolute atomic E-state index is 13.4. The van der Waals surface area contributed by atoms with Crippen LogP contribution < -0.4 is 10.6 Å². The highest BCUT2D eigenvalue weighted by Crippen LogP contribution is 2.20. The molecule has 21 heavy (non-hydrogen) atoms. The van der Waals surface area contributed by atoms with Crippen LogP contribution in [0, 0.1) is 11.6 Å². The molecule has 0 bridgehead atoms. The molecule has 0 atom stereocenters. The number of hydrogen-bond acceptors (Lipinski definition) is 2. The third-order valence-corrected chi connectivity index (χ3v) is 3.71. The zero-order valence-corrected chi connectivity index (χ0v) is 12.6. The molecule has 0 spiro atoms. The maximum atomic E-state index is 13.4. The molecule has 2 rings (SSSR count). The highest BCUT2D eigenvalue weighted by atomic mass is 32.1. The van der Waals surface area contributed by atoms with E-state index in [0.29, 0.717) is 19.3 Å². The number of para-hydroxylation sites is 1. The summed E-state index contributed by atoms with van der Waals surface area (Å²) in [5.41, 5.74) is -0.225. The van der Waals surface area contributed by atoms with Crippen molar-refractivity contribution in [3.8, 4) is 0 Å². The monoisotopic (exact) mass is 314 g/mol. The average molecular weight is 314 g/mol. The largest absolute Gasteiger partial charge is 0.378 e. The predicted octanol–water partition coefficient (Wildman–Crippen LogP) is 3.60. The summed E-state index contributed by atoms with van der Waals surface area (Å²) >= 11 is 5.02. The van der Waals surface area contributed by atoms with Crippen LogP contribution in [0.15, 0.2) is 18.2 Å². The van der Waals surface area contributed by atoms with Gasteiger partial charge in [0.15, 0.2) is 5.11 Å². The normalized spacial score (nSPS) is 15.1. The van der Waals surface area contributed by atoms with Crippen LogP contribution in [0.4, 0.5) is 14.5 Å². The lowest BCUT2D eigenvalue weighted by molar-refractivity contribution is 0.0574. The molecule has 0 aromatic heterocycles. The van der Waals surface area contributed by atoms with E-state index in [4.69, 9.17) is 17.0 Å². The van der Waals surface area contributed by atoms with E-state index >= 15 is 0 Å². The fourth-order valence-corrected chi connectivity index (χ4v) is 2.56. The number of halogens is 2. The second kappa shape index (κ2) is 8.24. The lowest BCUT2D eigenvalue weighted by Crippen LogP contribution is -2.30. The van der Waals surface area contributed by atoms with Crippen LogP contribution in [0.3, 0.4) is 0 Å². The minimum absolute atomic E-state index is 0.208. The predicted molar refractivity (Wildman–Crippen MR) is 83.4 cm³/mol. The standard InChI is InChI=1S/C15H20F2N2OS/c16-12-7-3-8-13(17)14(12)19-15(21)18-9-4-10-20-11-5-1-2-6-11/h3,7-8,11H,1-2,4-6,9-10H2,(H2,18,19,21). The van der Waals surface area contributed by atoms with E-state index in [1.165, 1.54) is 31.0 Å². The molecule has 1 aromatic rings. The molecule has 1 aromatic carbocycles. The van der Waals surface area contributed by atoms with Gasteiger partial charge in [-0.2, -0.15) is 0 Å². The summed E-state index contributed by atoms with van der Waals surface area (Å²) in [6.45, 7) is 1.28. The summed E-state index contributed by atoms with van der Waals surface area (Å²) < 4.78 is 32.6. The lowest BCUT2D eigenvalue weighted by atomic mass is 10.3. The Morgan fingerprint density at radius 3 is 2.57 bits per heavy atom. The van der Waals surface area contributed by atoms with Crippen LogP contribution in [0.2, 0.25) is 0 Å². The fraction of sp³-hybridized carbons (Fsp3) is 0.533.